The van der Waals surface area contributed by atoms with Crippen LogP contribution >= 0.6 is 24.8 Å². The lowest BCUT2D eigenvalue weighted by Crippen LogP contribution is -2.24. The van der Waals surface area contributed by atoms with Gasteiger partial charge in [0, 0.05) is 42.2 Å². The lowest BCUT2D eigenvalue weighted by Gasteiger charge is -2.21. The Kier molecular flexibility index (Phi) is 6.44. The number of benzene rings is 2. The first-order valence-electron chi connectivity index (χ1n) is 7.67. The van der Waals surface area contributed by atoms with E-state index in [1.54, 1.807) is 0 Å². The Balaban J connectivity index is 0.00000104. The number of pyridine rings is 1. The normalized spacial score (nSPS) is 19.3. The number of fused-ring (bicyclic) bond motifs is 1. The first-order valence-corrected chi connectivity index (χ1v) is 7.67. The fourth-order valence-corrected chi connectivity index (χ4v) is 3.17. The zero-order chi connectivity index (χ0) is 14.8. The van der Waals surface area contributed by atoms with Crippen LogP contribution < -0.4 is 10.1 Å². The Bertz CT molecular complexity index is 777. The van der Waals surface area contributed by atoms with Crippen molar-refractivity contribution in [1.29, 1.82) is 0 Å². The average Bonchev–Trinajstić information content (AvgIpc) is 3.04. The summed E-state index contributed by atoms with van der Waals surface area (Å²) in [4.78, 5) is 4.18. The highest BCUT2D eigenvalue weighted by Gasteiger charge is 2.30. The molecule has 1 aliphatic heterocycles. The minimum absolute atomic E-state index is 0. The monoisotopic (exact) mass is 362 g/mol. The first kappa shape index (κ1) is 18.5. The lowest BCUT2D eigenvalue weighted by atomic mass is 9.96. The second-order valence-corrected chi connectivity index (χ2v) is 5.68. The predicted octanol–water partition coefficient (Wildman–Crippen LogP) is 4.21. The SMILES string of the molecule is Cl.Cl.c1ccc([C@H]2CNC[C@H]2Oc2cccc3cnccc23)cc1. The van der Waals surface area contributed by atoms with Crippen molar-refractivity contribution in [2.24, 2.45) is 0 Å². The number of hydrogen-bond donors (Lipinski definition) is 1. The van der Waals surface area contributed by atoms with Crippen LogP contribution in [0.15, 0.2) is 67.0 Å². The molecule has 1 N–H and O–H groups in total. The summed E-state index contributed by atoms with van der Waals surface area (Å²) in [6.45, 7) is 1.84. The van der Waals surface area contributed by atoms with Gasteiger partial charge in [0.2, 0.25) is 0 Å². The molecule has 1 fully saturated rings. The summed E-state index contributed by atoms with van der Waals surface area (Å²) in [7, 11) is 0. The van der Waals surface area contributed by atoms with Crippen LogP contribution in [0.25, 0.3) is 10.8 Å². The van der Waals surface area contributed by atoms with Crippen molar-refractivity contribution in [2.75, 3.05) is 13.1 Å². The van der Waals surface area contributed by atoms with Crippen molar-refractivity contribution in [3.05, 3.63) is 72.6 Å². The van der Waals surface area contributed by atoms with E-state index in [-0.39, 0.29) is 30.9 Å². The highest BCUT2D eigenvalue weighted by molar-refractivity contribution is 5.87. The van der Waals surface area contributed by atoms with Crippen LogP contribution in [0.5, 0.6) is 5.75 Å². The minimum atomic E-state index is 0. The van der Waals surface area contributed by atoms with Crippen molar-refractivity contribution < 1.29 is 4.74 Å². The van der Waals surface area contributed by atoms with E-state index in [1.807, 2.05) is 30.6 Å². The van der Waals surface area contributed by atoms with Crippen LogP contribution in [0.3, 0.4) is 0 Å². The lowest BCUT2D eigenvalue weighted by molar-refractivity contribution is 0.207. The summed E-state index contributed by atoms with van der Waals surface area (Å²) in [5, 5.41) is 5.69. The highest BCUT2D eigenvalue weighted by Crippen LogP contribution is 2.30. The smallest absolute Gasteiger partial charge is 0.127 e. The second kappa shape index (κ2) is 8.34. The van der Waals surface area contributed by atoms with Crippen molar-refractivity contribution in [3.63, 3.8) is 0 Å². The van der Waals surface area contributed by atoms with E-state index in [4.69, 9.17) is 4.74 Å². The number of ether oxygens (including phenoxy) is 1. The van der Waals surface area contributed by atoms with E-state index in [2.05, 4.69) is 46.7 Å². The van der Waals surface area contributed by atoms with Gasteiger partial charge in [-0.3, -0.25) is 4.98 Å². The van der Waals surface area contributed by atoms with Gasteiger partial charge in [0.15, 0.2) is 0 Å². The van der Waals surface area contributed by atoms with Crippen LogP contribution in [-0.2, 0) is 0 Å². The third kappa shape index (κ3) is 3.64. The standard InChI is InChI=1S/C19H18N2O.2ClH/c1-2-5-14(6-3-1)17-12-21-13-19(17)22-18-8-4-7-15-11-20-10-9-16(15)18;;/h1-11,17,19,21H,12-13H2;2*1H/t17-,19-;;/m1../s1. The number of halogens is 2. The molecule has 5 heteroatoms. The summed E-state index contributed by atoms with van der Waals surface area (Å²) in [5.41, 5.74) is 1.33. The molecule has 1 aromatic heterocycles. The maximum atomic E-state index is 6.37. The molecule has 24 heavy (non-hydrogen) atoms. The molecule has 0 aliphatic carbocycles. The summed E-state index contributed by atoms with van der Waals surface area (Å²) in [5.74, 6) is 1.33. The molecule has 2 atom stereocenters. The molecule has 4 rings (SSSR count). The van der Waals surface area contributed by atoms with E-state index in [0.717, 1.165) is 29.6 Å². The van der Waals surface area contributed by atoms with Gasteiger partial charge in [0.05, 0.1) is 0 Å². The van der Waals surface area contributed by atoms with Crippen molar-refractivity contribution >= 4 is 35.6 Å². The number of aromatic nitrogens is 1. The Labute approximate surface area is 154 Å². The number of nitrogens with one attached hydrogen (secondary N) is 1. The molecule has 1 saturated heterocycles. The van der Waals surface area contributed by atoms with Gasteiger partial charge in [-0.1, -0.05) is 42.5 Å². The fourth-order valence-electron chi connectivity index (χ4n) is 3.17. The average molecular weight is 363 g/mol. The Hall–Kier alpha value is -1.81. The minimum Gasteiger partial charge on any atom is -0.488 e. The zero-order valence-corrected chi connectivity index (χ0v) is 14.7. The van der Waals surface area contributed by atoms with Crippen molar-refractivity contribution in [1.82, 2.24) is 10.3 Å². The maximum Gasteiger partial charge on any atom is 0.127 e. The largest absolute Gasteiger partial charge is 0.488 e. The molecular weight excluding hydrogens is 343 g/mol. The summed E-state index contributed by atoms with van der Waals surface area (Å²) in [6.07, 6.45) is 3.85. The van der Waals surface area contributed by atoms with E-state index in [9.17, 15) is 0 Å². The van der Waals surface area contributed by atoms with Gasteiger partial charge in [0.1, 0.15) is 11.9 Å². The van der Waals surface area contributed by atoms with Gasteiger partial charge in [-0.05, 0) is 17.7 Å². The Morgan fingerprint density at radius 2 is 1.75 bits per heavy atom. The summed E-state index contributed by atoms with van der Waals surface area (Å²) >= 11 is 0. The van der Waals surface area contributed by atoms with Crippen LogP contribution in [-0.4, -0.2) is 24.2 Å². The van der Waals surface area contributed by atoms with Crippen LogP contribution in [0, 0.1) is 0 Å². The van der Waals surface area contributed by atoms with E-state index >= 15 is 0 Å². The number of nitrogens with zero attached hydrogens (tertiary/aromatic N) is 1. The van der Waals surface area contributed by atoms with Crippen LogP contribution in [0.1, 0.15) is 11.5 Å². The molecule has 2 heterocycles. The molecule has 0 amide bonds. The molecule has 0 saturated carbocycles. The highest BCUT2D eigenvalue weighted by atomic mass is 35.5. The summed E-state index contributed by atoms with van der Waals surface area (Å²) in [6, 6.07) is 18.8. The predicted molar refractivity (Wildman–Crippen MR) is 103 cm³/mol. The van der Waals surface area contributed by atoms with E-state index < -0.39 is 0 Å². The second-order valence-electron chi connectivity index (χ2n) is 5.68. The molecule has 3 aromatic rings. The molecule has 2 aromatic carbocycles. The molecule has 3 nitrogen and oxygen atoms in total. The van der Waals surface area contributed by atoms with Crippen LogP contribution in [0.4, 0.5) is 0 Å². The molecule has 1 aliphatic rings. The molecule has 0 unspecified atom stereocenters. The van der Waals surface area contributed by atoms with E-state index in [0.29, 0.717) is 5.92 Å². The Morgan fingerprint density at radius 3 is 2.58 bits per heavy atom. The quantitative estimate of drug-likeness (QED) is 0.757. The fraction of sp³-hybridized carbons (Fsp3) is 0.211. The first-order chi connectivity index (χ1) is 10.9. The zero-order valence-electron chi connectivity index (χ0n) is 13.1. The van der Waals surface area contributed by atoms with E-state index in [1.165, 1.54) is 5.56 Å². The molecule has 0 bridgehead atoms. The third-order valence-corrected chi connectivity index (χ3v) is 4.31. The van der Waals surface area contributed by atoms with Crippen molar-refractivity contribution in [2.45, 2.75) is 12.0 Å². The Morgan fingerprint density at radius 1 is 0.917 bits per heavy atom. The van der Waals surface area contributed by atoms with Gasteiger partial charge >= 0.3 is 0 Å². The molecule has 0 spiro atoms. The van der Waals surface area contributed by atoms with Gasteiger partial charge in [-0.2, -0.15) is 0 Å². The van der Waals surface area contributed by atoms with Crippen LogP contribution in [0.2, 0.25) is 0 Å². The van der Waals surface area contributed by atoms with Gasteiger partial charge < -0.3 is 10.1 Å². The number of rotatable bonds is 3. The maximum absolute atomic E-state index is 6.37. The topological polar surface area (TPSA) is 34.1 Å². The van der Waals surface area contributed by atoms with Gasteiger partial charge in [-0.15, -0.1) is 24.8 Å². The van der Waals surface area contributed by atoms with Gasteiger partial charge in [0.25, 0.3) is 0 Å². The van der Waals surface area contributed by atoms with Gasteiger partial charge in [-0.25, -0.2) is 0 Å². The molecule has 0 radical (unpaired) electrons. The third-order valence-electron chi connectivity index (χ3n) is 4.31. The summed E-state index contributed by atoms with van der Waals surface area (Å²) < 4.78 is 6.37. The molecule has 126 valence electrons. The number of hydrogen-bond acceptors (Lipinski definition) is 3. The van der Waals surface area contributed by atoms with Crippen molar-refractivity contribution in [3.8, 4) is 5.75 Å². The molecular formula is C19H20Cl2N2O.